The van der Waals surface area contributed by atoms with Crippen LogP contribution in [0.3, 0.4) is 0 Å². The Morgan fingerprint density at radius 1 is 1.20 bits per heavy atom. The van der Waals surface area contributed by atoms with Gasteiger partial charge in [0.15, 0.2) is 0 Å². The lowest BCUT2D eigenvalue weighted by Crippen LogP contribution is -2.59. The number of hydrogen-bond donors (Lipinski definition) is 2. The highest BCUT2D eigenvalue weighted by molar-refractivity contribution is 5.80. The van der Waals surface area contributed by atoms with Crippen molar-refractivity contribution < 1.29 is 9.59 Å². The zero-order valence-corrected chi connectivity index (χ0v) is 18.5. The quantitative estimate of drug-likeness (QED) is 0.793. The Morgan fingerprint density at radius 2 is 1.97 bits per heavy atom. The standard InChI is InChI=1S/C23H37N5O2/c1-18(2)15-26-23(30)28-14-9-20-21(17-28)27(16-19-7-11-24-12-8-19)13-6-4-3-5-10-25-22(20)29/h7-8,11-12,18,20-21H,3-6,9-10,13-17H2,1-2H3,(H,25,29)(H,26,30)/t20-,21-/m1/s1. The van der Waals surface area contributed by atoms with Crippen molar-refractivity contribution in [2.45, 2.75) is 58.5 Å². The van der Waals surface area contributed by atoms with E-state index >= 15 is 0 Å². The predicted molar refractivity (Wildman–Crippen MR) is 118 cm³/mol. The molecule has 0 unspecified atom stereocenters. The predicted octanol–water partition coefficient (Wildman–Crippen LogP) is 2.63. The lowest BCUT2D eigenvalue weighted by Gasteiger charge is -2.43. The summed E-state index contributed by atoms with van der Waals surface area (Å²) >= 11 is 0. The molecule has 0 bridgehead atoms. The number of pyridine rings is 1. The molecular formula is C23H37N5O2. The zero-order valence-electron chi connectivity index (χ0n) is 18.5. The van der Waals surface area contributed by atoms with Gasteiger partial charge in [0.25, 0.3) is 0 Å². The van der Waals surface area contributed by atoms with Crippen molar-refractivity contribution in [3.8, 4) is 0 Å². The molecule has 7 nitrogen and oxygen atoms in total. The highest BCUT2D eigenvalue weighted by Gasteiger charge is 2.39. The average Bonchev–Trinajstić information content (AvgIpc) is 2.78. The summed E-state index contributed by atoms with van der Waals surface area (Å²) in [6.45, 7) is 8.55. The first kappa shape index (κ1) is 22.5. The van der Waals surface area contributed by atoms with E-state index in [-0.39, 0.29) is 23.9 Å². The van der Waals surface area contributed by atoms with Gasteiger partial charge >= 0.3 is 6.03 Å². The molecule has 7 heteroatoms. The second-order valence-corrected chi connectivity index (χ2v) is 9.02. The van der Waals surface area contributed by atoms with Gasteiger partial charge in [-0.15, -0.1) is 0 Å². The first-order valence-corrected chi connectivity index (χ1v) is 11.5. The van der Waals surface area contributed by atoms with Crippen molar-refractivity contribution in [1.29, 1.82) is 0 Å². The first-order valence-electron chi connectivity index (χ1n) is 11.5. The third-order valence-corrected chi connectivity index (χ3v) is 6.14. The summed E-state index contributed by atoms with van der Waals surface area (Å²) in [7, 11) is 0. The highest BCUT2D eigenvalue weighted by Crippen LogP contribution is 2.26. The first-order chi connectivity index (χ1) is 14.5. The molecule has 2 fully saturated rings. The molecular weight excluding hydrogens is 378 g/mol. The van der Waals surface area contributed by atoms with E-state index in [2.05, 4.69) is 34.4 Å². The number of aromatic nitrogens is 1. The smallest absolute Gasteiger partial charge is 0.317 e. The van der Waals surface area contributed by atoms with Crippen molar-refractivity contribution in [2.24, 2.45) is 11.8 Å². The van der Waals surface area contributed by atoms with Gasteiger partial charge < -0.3 is 15.5 Å². The van der Waals surface area contributed by atoms with Crippen LogP contribution in [0, 0.1) is 11.8 Å². The van der Waals surface area contributed by atoms with Crippen LogP contribution in [0.15, 0.2) is 24.5 Å². The van der Waals surface area contributed by atoms with Gasteiger partial charge in [0.05, 0.1) is 5.92 Å². The number of carbonyl (C=O) groups is 2. The minimum atomic E-state index is -0.0842. The Balaban J connectivity index is 1.79. The van der Waals surface area contributed by atoms with Gasteiger partial charge in [0.1, 0.15) is 0 Å². The lowest BCUT2D eigenvalue weighted by atomic mass is 9.89. The largest absolute Gasteiger partial charge is 0.356 e. The van der Waals surface area contributed by atoms with Crippen LogP contribution in [0.4, 0.5) is 4.79 Å². The van der Waals surface area contributed by atoms with Crippen LogP contribution >= 0.6 is 0 Å². The molecule has 166 valence electrons. The van der Waals surface area contributed by atoms with Gasteiger partial charge in [-0.3, -0.25) is 14.7 Å². The molecule has 0 spiro atoms. The molecule has 30 heavy (non-hydrogen) atoms. The number of rotatable bonds is 4. The van der Waals surface area contributed by atoms with Gasteiger partial charge in [-0.05, 0) is 49.4 Å². The van der Waals surface area contributed by atoms with Gasteiger partial charge in [-0.1, -0.05) is 26.7 Å². The fourth-order valence-corrected chi connectivity index (χ4v) is 4.42. The van der Waals surface area contributed by atoms with Crippen molar-refractivity contribution in [3.05, 3.63) is 30.1 Å². The van der Waals surface area contributed by atoms with E-state index in [9.17, 15) is 9.59 Å². The summed E-state index contributed by atoms with van der Waals surface area (Å²) < 4.78 is 0. The molecule has 0 aromatic carbocycles. The third kappa shape index (κ3) is 6.42. The van der Waals surface area contributed by atoms with E-state index in [4.69, 9.17) is 0 Å². The van der Waals surface area contributed by atoms with Crippen LogP contribution < -0.4 is 10.6 Å². The number of likely N-dealkylation sites (tertiary alicyclic amines) is 1. The average molecular weight is 416 g/mol. The molecule has 3 amide bonds. The minimum Gasteiger partial charge on any atom is -0.356 e. The Bertz CT molecular complexity index is 681. The van der Waals surface area contributed by atoms with E-state index in [0.29, 0.717) is 32.0 Å². The van der Waals surface area contributed by atoms with Crippen LogP contribution in [-0.2, 0) is 11.3 Å². The maximum atomic E-state index is 13.0. The Morgan fingerprint density at radius 3 is 2.73 bits per heavy atom. The van der Waals surface area contributed by atoms with Gasteiger partial charge in [0, 0.05) is 51.2 Å². The fraction of sp³-hybridized carbons (Fsp3) is 0.696. The number of fused-ring (bicyclic) bond motifs is 1. The molecule has 2 saturated heterocycles. The van der Waals surface area contributed by atoms with E-state index < -0.39 is 0 Å². The number of hydrogen-bond acceptors (Lipinski definition) is 4. The van der Waals surface area contributed by atoms with Crippen molar-refractivity contribution in [2.75, 3.05) is 32.7 Å². The molecule has 0 aliphatic carbocycles. The number of nitrogens with zero attached hydrogens (tertiary/aromatic N) is 3. The lowest BCUT2D eigenvalue weighted by molar-refractivity contribution is -0.129. The van der Waals surface area contributed by atoms with Gasteiger partial charge in [0.2, 0.25) is 5.91 Å². The monoisotopic (exact) mass is 415 g/mol. The van der Waals surface area contributed by atoms with Crippen LogP contribution in [0.5, 0.6) is 0 Å². The number of nitrogens with one attached hydrogen (secondary N) is 2. The van der Waals surface area contributed by atoms with Gasteiger partial charge in [-0.25, -0.2) is 4.79 Å². The molecule has 2 atom stereocenters. The molecule has 2 aliphatic rings. The minimum absolute atomic E-state index is 0.0132. The third-order valence-electron chi connectivity index (χ3n) is 6.14. The highest BCUT2D eigenvalue weighted by atomic mass is 16.2. The van der Waals surface area contributed by atoms with E-state index in [1.54, 1.807) is 0 Å². The zero-order chi connectivity index (χ0) is 21.3. The van der Waals surface area contributed by atoms with Crippen molar-refractivity contribution >= 4 is 11.9 Å². The topological polar surface area (TPSA) is 77.6 Å². The maximum absolute atomic E-state index is 13.0. The normalized spacial score (nSPS) is 24.0. The summed E-state index contributed by atoms with van der Waals surface area (Å²) in [6, 6.07) is 4.09. The van der Waals surface area contributed by atoms with Crippen LogP contribution in [0.25, 0.3) is 0 Å². The molecule has 3 heterocycles. The molecule has 0 radical (unpaired) electrons. The molecule has 2 aliphatic heterocycles. The van der Waals surface area contributed by atoms with Gasteiger partial charge in [-0.2, -0.15) is 0 Å². The molecule has 2 N–H and O–H groups in total. The Hall–Kier alpha value is -2.15. The fourth-order valence-electron chi connectivity index (χ4n) is 4.42. The molecule has 1 aromatic heterocycles. The molecule has 3 rings (SSSR count). The van der Waals surface area contributed by atoms with Crippen molar-refractivity contribution in [3.63, 3.8) is 0 Å². The number of carbonyl (C=O) groups excluding carboxylic acids is 2. The second kappa shape index (κ2) is 11.3. The number of amides is 3. The van der Waals surface area contributed by atoms with Crippen LogP contribution in [-0.4, -0.2) is 65.5 Å². The van der Waals surface area contributed by atoms with Crippen LogP contribution in [0.2, 0.25) is 0 Å². The van der Waals surface area contributed by atoms with Crippen LogP contribution in [0.1, 0.15) is 51.5 Å². The number of piperidine rings is 1. The Labute approximate surface area is 180 Å². The van der Waals surface area contributed by atoms with Crippen molar-refractivity contribution in [1.82, 2.24) is 25.4 Å². The Kier molecular flexibility index (Phi) is 8.49. The van der Waals surface area contributed by atoms with E-state index in [1.807, 2.05) is 29.4 Å². The van der Waals surface area contributed by atoms with E-state index in [0.717, 1.165) is 38.9 Å². The molecule has 0 saturated carbocycles. The number of urea groups is 1. The summed E-state index contributed by atoms with van der Waals surface area (Å²) in [4.78, 5) is 34.2. The van der Waals surface area contributed by atoms with E-state index in [1.165, 1.54) is 12.0 Å². The maximum Gasteiger partial charge on any atom is 0.317 e. The second-order valence-electron chi connectivity index (χ2n) is 9.02. The molecule has 1 aromatic rings. The summed E-state index contributed by atoms with van der Waals surface area (Å²) in [5.74, 6) is 0.473. The SMILES string of the molecule is CC(C)CNC(=O)N1CC[C@H]2C(=O)NCCCCCCN(Cc3ccncc3)[C@@H]2C1. The summed E-state index contributed by atoms with van der Waals surface area (Å²) in [5, 5.41) is 6.20. The summed E-state index contributed by atoms with van der Waals surface area (Å²) in [5.41, 5.74) is 1.19. The summed E-state index contributed by atoms with van der Waals surface area (Å²) in [6.07, 6.45) is 8.80.